The Morgan fingerprint density at radius 2 is 1.97 bits per heavy atom. The van der Waals surface area contributed by atoms with Crippen molar-refractivity contribution in [2.75, 3.05) is 17.9 Å². The van der Waals surface area contributed by atoms with Crippen molar-refractivity contribution >= 4 is 34.5 Å². The number of thioether (sulfide) groups is 1. The van der Waals surface area contributed by atoms with Crippen molar-refractivity contribution in [3.8, 4) is 17.2 Å². The highest BCUT2D eigenvalue weighted by atomic mass is 32.2. The fraction of sp³-hybridized carbons (Fsp3) is 0.105. The zero-order chi connectivity index (χ0) is 20.5. The fourth-order valence-electron chi connectivity index (χ4n) is 2.90. The van der Waals surface area contributed by atoms with Crippen LogP contribution < -0.4 is 14.8 Å². The smallest absolute Gasteiger partial charge is 0.234 e. The van der Waals surface area contributed by atoms with Gasteiger partial charge < -0.3 is 14.8 Å². The first-order valence-corrected chi connectivity index (χ1v) is 9.80. The summed E-state index contributed by atoms with van der Waals surface area (Å²) in [6, 6.07) is 11.0. The highest BCUT2D eigenvalue weighted by molar-refractivity contribution is 8.00. The molecule has 1 N–H and O–H groups in total. The van der Waals surface area contributed by atoms with Crippen LogP contribution in [0.3, 0.4) is 0 Å². The van der Waals surface area contributed by atoms with Crippen LogP contribution in [0.5, 0.6) is 11.5 Å². The first-order chi connectivity index (χ1) is 14.7. The normalized spacial score (nSPS) is 12.3. The molecule has 2 aromatic carbocycles. The van der Waals surface area contributed by atoms with Gasteiger partial charge in [0.1, 0.15) is 17.2 Å². The SMILES string of the molecule is O=C(CSc1ncnc2c1nnn2-c1ccc(F)cc1)Nc1ccc2c(c1)OCO2. The molecule has 150 valence electrons. The highest BCUT2D eigenvalue weighted by Crippen LogP contribution is 2.34. The molecule has 0 fully saturated rings. The van der Waals surface area contributed by atoms with Gasteiger partial charge in [0.05, 0.1) is 11.4 Å². The average Bonchev–Trinajstić information content (AvgIpc) is 3.39. The molecule has 2 aromatic heterocycles. The van der Waals surface area contributed by atoms with Crippen LogP contribution in [-0.4, -0.2) is 43.4 Å². The number of hydrogen-bond acceptors (Lipinski definition) is 8. The molecule has 0 saturated heterocycles. The number of amides is 1. The van der Waals surface area contributed by atoms with Crippen LogP contribution in [0.1, 0.15) is 0 Å². The highest BCUT2D eigenvalue weighted by Gasteiger charge is 2.16. The Hall–Kier alpha value is -3.73. The lowest BCUT2D eigenvalue weighted by Gasteiger charge is -2.06. The lowest BCUT2D eigenvalue weighted by atomic mass is 10.3. The number of rotatable bonds is 5. The molecule has 11 heteroatoms. The van der Waals surface area contributed by atoms with Crippen molar-refractivity contribution < 1.29 is 18.7 Å². The number of nitrogens with zero attached hydrogens (tertiary/aromatic N) is 5. The van der Waals surface area contributed by atoms with Gasteiger partial charge in [-0.2, -0.15) is 4.68 Å². The van der Waals surface area contributed by atoms with Crippen LogP contribution in [0.4, 0.5) is 10.1 Å². The van der Waals surface area contributed by atoms with Crippen molar-refractivity contribution in [3.05, 3.63) is 54.6 Å². The van der Waals surface area contributed by atoms with E-state index in [-0.39, 0.29) is 24.3 Å². The van der Waals surface area contributed by atoms with Crippen molar-refractivity contribution in [1.29, 1.82) is 0 Å². The third kappa shape index (κ3) is 3.50. The number of nitrogens with one attached hydrogen (secondary N) is 1. The maximum absolute atomic E-state index is 13.2. The van der Waals surface area contributed by atoms with Gasteiger partial charge in [0.25, 0.3) is 0 Å². The predicted molar refractivity (Wildman–Crippen MR) is 106 cm³/mol. The van der Waals surface area contributed by atoms with Gasteiger partial charge in [-0.15, -0.1) is 5.10 Å². The van der Waals surface area contributed by atoms with E-state index in [0.717, 1.165) is 0 Å². The number of anilines is 1. The van der Waals surface area contributed by atoms with Crippen LogP contribution in [-0.2, 0) is 4.79 Å². The third-order valence-electron chi connectivity index (χ3n) is 4.27. The second-order valence-electron chi connectivity index (χ2n) is 6.23. The molecule has 0 spiro atoms. The second-order valence-corrected chi connectivity index (χ2v) is 7.20. The largest absolute Gasteiger partial charge is 0.454 e. The minimum Gasteiger partial charge on any atom is -0.454 e. The first-order valence-electron chi connectivity index (χ1n) is 8.82. The van der Waals surface area contributed by atoms with E-state index in [4.69, 9.17) is 9.47 Å². The summed E-state index contributed by atoms with van der Waals surface area (Å²) in [6.45, 7) is 0.172. The van der Waals surface area contributed by atoms with Crippen LogP contribution in [0, 0.1) is 5.82 Å². The van der Waals surface area contributed by atoms with Gasteiger partial charge in [-0.3, -0.25) is 4.79 Å². The van der Waals surface area contributed by atoms with E-state index in [1.165, 1.54) is 34.9 Å². The average molecular weight is 424 g/mol. The molecule has 0 atom stereocenters. The number of ether oxygens (including phenoxy) is 2. The molecule has 0 unspecified atom stereocenters. The summed E-state index contributed by atoms with van der Waals surface area (Å²) >= 11 is 1.22. The monoisotopic (exact) mass is 424 g/mol. The standard InChI is InChI=1S/C19H13FN6O3S/c20-11-1-4-13(5-2-11)26-18-17(24-25-26)19(22-9-21-18)30-8-16(27)23-12-3-6-14-15(7-12)29-10-28-14/h1-7,9H,8,10H2,(H,23,27). The molecule has 1 amide bonds. The fourth-order valence-corrected chi connectivity index (χ4v) is 3.63. The number of aromatic nitrogens is 5. The van der Waals surface area contributed by atoms with E-state index in [1.54, 1.807) is 30.3 Å². The van der Waals surface area contributed by atoms with E-state index in [1.807, 2.05) is 0 Å². The predicted octanol–water partition coefficient (Wildman–Crippen LogP) is 2.81. The Labute approximate surface area is 173 Å². The van der Waals surface area contributed by atoms with Crippen LogP contribution in [0.25, 0.3) is 16.9 Å². The molecule has 5 rings (SSSR count). The minimum atomic E-state index is -0.345. The molecule has 3 heterocycles. The molecule has 0 bridgehead atoms. The number of halogens is 1. The third-order valence-corrected chi connectivity index (χ3v) is 5.25. The molecular weight excluding hydrogens is 411 g/mol. The maximum atomic E-state index is 13.2. The minimum absolute atomic E-state index is 0.115. The lowest BCUT2D eigenvalue weighted by molar-refractivity contribution is -0.113. The van der Waals surface area contributed by atoms with Crippen molar-refractivity contribution in [3.63, 3.8) is 0 Å². The van der Waals surface area contributed by atoms with E-state index in [2.05, 4.69) is 25.6 Å². The molecule has 4 aromatic rings. The summed E-state index contributed by atoms with van der Waals surface area (Å²) in [4.78, 5) is 20.8. The van der Waals surface area contributed by atoms with Crippen molar-refractivity contribution in [2.24, 2.45) is 0 Å². The maximum Gasteiger partial charge on any atom is 0.234 e. The molecule has 30 heavy (non-hydrogen) atoms. The Bertz CT molecular complexity index is 1250. The van der Waals surface area contributed by atoms with Gasteiger partial charge in [-0.05, 0) is 36.4 Å². The number of carbonyl (C=O) groups is 1. The summed E-state index contributed by atoms with van der Waals surface area (Å²) in [7, 11) is 0. The number of fused-ring (bicyclic) bond motifs is 2. The van der Waals surface area contributed by atoms with Gasteiger partial charge in [-0.1, -0.05) is 17.0 Å². The van der Waals surface area contributed by atoms with Crippen LogP contribution >= 0.6 is 11.8 Å². The van der Waals surface area contributed by atoms with Gasteiger partial charge in [0.2, 0.25) is 12.7 Å². The topological polar surface area (TPSA) is 104 Å². The van der Waals surface area contributed by atoms with Crippen LogP contribution in [0.15, 0.2) is 53.8 Å². The van der Waals surface area contributed by atoms with Gasteiger partial charge in [-0.25, -0.2) is 14.4 Å². The van der Waals surface area contributed by atoms with Gasteiger partial charge in [0.15, 0.2) is 22.7 Å². The molecule has 9 nitrogen and oxygen atoms in total. The zero-order valence-corrected chi connectivity index (χ0v) is 16.1. The molecular formula is C19H13FN6O3S. The van der Waals surface area contributed by atoms with E-state index < -0.39 is 0 Å². The Morgan fingerprint density at radius 3 is 2.83 bits per heavy atom. The molecule has 0 radical (unpaired) electrons. The Balaban J connectivity index is 1.31. The molecule has 0 aliphatic carbocycles. The lowest BCUT2D eigenvalue weighted by Crippen LogP contribution is -2.14. The summed E-state index contributed by atoms with van der Waals surface area (Å²) in [5, 5.41) is 11.5. The summed E-state index contributed by atoms with van der Waals surface area (Å²) < 4.78 is 25.2. The van der Waals surface area contributed by atoms with E-state index in [0.29, 0.717) is 39.1 Å². The van der Waals surface area contributed by atoms with E-state index >= 15 is 0 Å². The Kier molecular flexibility index (Phi) is 4.64. The van der Waals surface area contributed by atoms with E-state index in [9.17, 15) is 9.18 Å². The Morgan fingerprint density at radius 1 is 1.13 bits per heavy atom. The van der Waals surface area contributed by atoms with Crippen molar-refractivity contribution in [1.82, 2.24) is 25.0 Å². The zero-order valence-electron chi connectivity index (χ0n) is 15.3. The van der Waals surface area contributed by atoms with Gasteiger partial charge >= 0.3 is 0 Å². The number of benzene rings is 2. The second kappa shape index (κ2) is 7.59. The first kappa shape index (κ1) is 18.3. The molecule has 0 saturated carbocycles. The summed E-state index contributed by atoms with van der Waals surface area (Å²) in [5.41, 5.74) is 2.16. The van der Waals surface area contributed by atoms with Crippen molar-refractivity contribution in [2.45, 2.75) is 5.03 Å². The summed E-state index contributed by atoms with van der Waals surface area (Å²) in [5.74, 6) is 0.800. The molecule has 1 aliphatic rings. The number of hydrogen-bond donors (Lipinski definition) is 1. The summed E-state index contributed by atoms with van der Waals surface area (Å²) in [6.07, 6.45) is 1.38. The number of carbonyl (C=O) groups excluding carboxylic acids is 1. The quantitative estimate of drug-likeness (QED) is 0.385. The van der Waals surface area contributed by atoms with Gasteiger partial charge in [0, 0.05) is 11.8 Å². The van der Waals surface area contributed by atoms with Crippen LogP contribution in [0.2, 0.25) is 0 Å². The molecule has 1 aliphatic heterocycles.